The molecule has 0 bridgehead atoms. The molecule has 0 saturated carbocycles. The van der Waals surface area contributed by atoms with Crippen molar-refractivity contribution in [1.29, 1.82) is 0 Å². The Morgan fingerprint density at radius 3 is 2.55 bits per heavy atom. The van der Waals surface area contributed by atoms with Crippen molar-refractivity contribution in [3.05, 3.63) is 28.8 Å². The van der Waals surface area contributed by atoms with Crippen LogP contribution in [0.1, 0.15) is 18.0 Å². The van der Waals surface area contributed by atoms with Gasteiger partial charge in [0.1, 0.15) is 5.75 Å². The lowest BCUT2D eigenvalue weighted by Gasteiger charge is -2.36. The molecule has 1 aliphatic heterocycles. The van der Waals surface area contributed by atoms with Crippen LogP contribution >= 0.6 is 11.6 Å². The van der Waals surface area contributed by atoms with Gasteiger partial charge in [-0.3, -0.25) is 4.90 Å². The van der Waals surface area contributed by atoms with E-state index >= 15 is 0 Å². The number of aromatic hydroxyl groups is 1. The molecule has 2 rings (SSSR count). The van der Waals surface area contributed by atoms with E-state index in [0.717, 1.165) is 0 Å². The second kappa shape index (κ2) is 6.20. The molecule has 1 fully saturated rings. The van der Waals surface area contributed by atoms with E-state index in [1.54, 1.807) is 11.0 Å². The summed E-state index contributed by atoms with van der Waals surface area (Å²) in [5, 5.41) is 13.1. The first-order valence-electron chi connectivity index (χ1n) is 6.37. The van der Waals surface area contributed by atoms with Crippen LogP contribution in [0.3, 0.4) is 0 Å². The van der Waals surface area contributed by atoms with Crippen LogP contribution in [0.2, 0.25) is 5.02 Å². The third-order valence-corrected chi connectivity index (χ3v) is 3.70. The molecule has 0 spiro atoms. The van der Waals surface area contributed by atoms with Crippen molar-refractivity contribution < 1.29 is 18.3 Å². The molecule has 2 N–H and O–H groups in total. The van der Waals surface area contributed by atoms with E-state index in [1.165, 1.54) is 12.1 Å². The summed E-state index contributed by atoms with van der Waals surface area (Å²) in [6.07, 6.45) is -5.30. The molecular formula is C13H16ClF3N2O. The van der Waals surface area contributed by atoms with Gasteiger partial charge in [0.05, 0.1) is 11.4 Å². The van der Waals surface area contributed by atoms with E-state index in [1.807, 2.05) is 0 Å². The van der Waals surface area contributed by atoms with Crippen LogP contribution in [0.25, 0.3) is 0 Å². The van der Waals surface area contributed by atoms with Gasteiger partial charge in [-0.2, -0.15) is 13.2 Å². The molecule has 1 saturated heterocycles. The number of halogens is 4. The second-order valence-electron chi connectivity index (χ2n) is 4.80. The Morgan fingerprint density at radius 1 is 1.30 bits per heavy atom. The number of nitrogens with zero attached hydrogens (tertiary/aromatic N) is 1. The summed E-state index contributed by atoms with van der Waals surface area (Å²) in [5.74, 6) is -0.262. The van der Waals surface area contributed by atoms with Crippen molar-refractivity contribution in [1.82, 2.24) is 10.2 Å². The average molecular weight is 309 g/mol. The molecule has 1 aromatic rings. The van der Waals surface area contributed by atoms with Gasteiger partial charge in [0.2, 0.25) is 0 Å². The number of piperazine rings is 1. The van der Waals surface area contributed by atoms with Crippen LogP contribution in [0, 0.1) is 0 Å². The van der Waals surface area contributed by atoms with E-state index in [-0.39, 0.29) is 16.3 Å². The van der Waals surface area contributed by atoms with Gasteiger partial charge in [-0.15, -0.1) is 0 Å². The lowest BCUT2D eigenvalue weighted by Crippen LogP contribution is -2.46. The van der Waals surface area contributed by atoms with Gasteiger partial charge >= 0.3 is 6.18 Å². The van der Waals surface area contributed by atoms with Crippen molar-refractivity contribution in [2.75, 3.05) is 26.2 Å². The van der Waals surface area contributed by atoms with Crippen molar-refractivity contribution in [3.8, 4) is 5.75 Å². The monoisotopic (exact) mass is 308 g/mol. The van der Waals surface area contributed by atoms with E-state index in [9.17, 15) is 18.3 Å². The fraction of sp³-hybridized carbons (Fsp3) is 0.538. The predicted molar refractivity (Wildman–Crippen MR) is 71.0 cm³/mol. The van der Waals surface area contributed by atoms with Crippen LogP contribution in [0.15, 0.2) is 18.2 Å². The highest BCUT2D eigenvalue weighted by Crippen LogP contribution is 2.40. The summed E-state index contributed by atoms with van der Waals surface area (Å²) >= 11 is 5.81. The van der Waals surface area contributed by atoms with Gasteiger partial charge in [0.25, 0.3) is 0 Å². The number of para-hydroxylation sites is 1. The SMILES string of the molecule is Oc1c(Cl)cccc1[C@H](CC(F)(F)F)N1CCNCC1. The number of hydrogen-bond acceptors (Lipinski definition) is 3. The summed E-state index contributed by atoms with van der Waals surface area (Å²) in [5.41, 5.74) is 0.233. The first-order chi connectivity index (χ1) is 9.38. The Labute approximate surface area is 120 Å². The molecule has 1 aliphatic rings. The van der Waals surface area contributed by atoms with Crippen molar-refractivity contribution >= 4 is 11.6 Å². The highest BCUT2D eigenvalue weighted by atomic mass is 35.5. The largest absolute Gasteiger partial charge is 0.506 e. The summed E-state index contributed by atoms with van der Waals surface area (Å²) in [6, 6.07) is 3.61. The minimum Gasteiger partial charge on any atom is -0.506 e. The van der Waals surface area contributed by atoms with Gasteiger partial charge in [0.15, 0.2) is 0 Å². The van der Waals surface area contributed by atoms with Crippen LogP contribution in [-0.2, 0) is 0 Å². The first kappa shape index (κ1) is 15.4. The zero-order valence-corrected chi connectivity index (χ0v) is 11.5. The summed E-state index contributed by atoms with van der Waals surface area (Å²) < 4.78 is 38.5. The average Bonchev–Trinajstić information content (AvgIpc) is 2.40. The molecule has 112 valence electrons. The minimum atomic E-state index is -4.30. The maximum atomic E-state index is 12.8. The second-order valence-corrected chi connectivity index (χ2v) is 5.21. The lowest BCUT2D eigenvalue weighted by molar-refractivity contribution is -0.148. The van der Waals surface area contributed by atoms with E-state index in [2.05, 4.69) is 5.32 Å². The normalized spacial score (nSPS) is 19.0. The zero-order valence-electron chi connectivity index (χ0n) is 10.8. The Bertz CT molecular complexity index is 461. The van der Waals surface area contributed by atoms with Crippen molar-refractivity contribution in [2.24, 2.45) is 0 Å². The zero-order chi connectivity index (χ0) is 14.8. The molecule has 1 aromatic carbocycles. The fourth-order valence-corrected chi connectivity index (χ4v) is 2.63. The van der Waals surface area contributed by atoms with Gasteiger partial charge in [-0.25, -0.2) is 0 Å². The number of hydrogen-bond donors (Lipinski definition) is 2. The van der Waals surface area contributed by atoms with Crippen molar-refractivity contribution in [2.45, 2.75) is 18.6 Å². The van der Waals surface area contributed by atoms with Gasteiger partial charge in [0, 0.05) is 37.8 Å². The smallest absolute Gasteiger partial charge is 0.390 e. The number of alkyl halides is 3. The molecule has 0 aliphatic carbocycles. The summed E-state index contributed by atoms with van der Waals surface area (Å²) in [4.78, 5) is 1.73. The highest BCUT2D eigenvalue weighted by Gasteiger charge is 2.37. The van der Waals surface area contributed by atoms with Crippen LogP contribution in [0.4, 0.5) is 13.2 Å². The molecule has 1 heterocycles. The lowest BCUT2D eigenvalue weighted by atomic mass is 9.99. The van der Waals surface area contributed by atoms with E-state index < -0.39 is 18.6 Å². The molecular weight excluding hydrogens is 293 g/mol. The molecule has 0 amide bonds. The maximum Gasteiger partial charge on any atom is 0.390 e. The van der Waals surface area contributed by atoms with Crippen LogP contribution in [-0.4, -0.2) is 42.4 Å². The van der Waals surface area contributed by atoms with Gasteiger partial charge in [-0.05, 0) is 6.07 Å². The van der Waals surface area contributed by atoms with Crippen LogP contribution in [0.5, 0.6) is 5.75 Å². The Kier molecular flexibility index (Phi) is 4.78. The van der Waals surface area contributed by atoms with Crippen LogP contribution < -0.4 is 5.32 Å². The Balaban J connectivity index is 2.32. The topological polar surface area (TPSA) is 35.5 Å². The summed E-state index contributed by atoms with van der Waals surface area (Å²) in [7, 11) is 0. The number of nitrogens with one attached hydrogen (secondary N) is 1. The Hall–Kier alpha value is -0.980. The maximum absolute atomic E-state index is 12.8. The third kappa shape index (κ3) is 3.77. The van der Waals surface area contributed by atoms with Crippen molar-refractivity contribution in [3.63, 3.8) is 0 Å². The quantitative estimate of drug-likeness (QED) is 0.901. The number of phenolic OH excluding ortho intramolecular Hbond substituents is 1. The molecule has 20 heavy (non-hydrogen) atoms. The number of benzene rings is 1. The minimum absolute atomic E-state index is 0.0739. The van der Waals surface area contributed by atoms with Gasteiger partial charge in [-0.1, -0.05) is 23.7 Å². The standard InChI is InChI=1S/C13H16ClF3N2O/c14-10-3-1-2-9(12(10)20)11(8-13(15,16)17)19-6-4-18-5-7-19/h1-3,11,18,20H,4-8H2/t11-/m0/s1. The molecule has 1 atom stereocenters. The molecule has 0 unspecified atom stereocenters. The fourth-order valence-electron chi connectivity index (χ4n) is 2.45. The molecule has 3 nitrogen and oxygen atoms in total. The van der Waals surface area contributed by atoms with Gasteiger partial charge < -0.3 is 10.4 Å². The predicted octanol–water partition coefficient (Wildman–Crippen LogP) is 2.94. The number of phenols is 1. The first-order valence-corrected chi connectivity index (χ1v) is 6.75. The summed E-state index contributed by atoms with van der Waals surface area (Å²) in [6.45, 7) is 2.28. The third-order valence-electron chi connectivity index (χ3n) is 3.39. The molecule has 0 aromatic heterocycles. The highest BCUT2D eigenvalue weighted by molar-refractivity contribution is 6.32. The Morgan fingerprint density at radius 2 is 1.95 bits per heavy atom. The number of rotatable bonds is 3. The molecule has 0 radical (unpaired) electrons. The van der Waals surface area contributed by atoms with E-state index in [0.29, 0.717) is 26.2 Å². The molecule has 7 heteroatoms. The van der Waals surface area contributed by atoms with E-state index in [4.69, 9.17) is 11.6 Å².